The molecule has 3 aromatic rings. The van der Waals surface area contributed by atoms with Gasteiger partial charge in [0.15, 0.2) is 0 Å². The van der Waals surface area contributed by atoms with E-state index < -0.39 is 0 Å². The minimum atomic E-state index is 0. The van der Waals surface area contributed by atoms with Crippen molar-refractivity contribution in [3.05, 3.63) is 52.6 Å². The van der Waals surface area contributed by atoms with Crippen LogP contribution in [0.2, 0.25) is 10.0 Å². The number of hydrogen-bond acceptors (Lipinski definition) is 7. The zero-order valence-corrected chi connectivity index (χ0v) is 19.3. The number of rotatable bonds is 8. The molecule has 1 fully saturated rings. The number of pyridine rings is 1. The Kier molecular flexibility index (Phi) is 8.78. The van der Waals surface area contributed by atoms with Crippen LogP contribution in [0.5, 0.6) is 0 Å². The second kappa shape index (κ2) is 11.5. The first-order valence-corrected chi connectivity index (χ1v) is 10.9. The number of hydrogen-bond donors (Lipinski definition) is 1. The maximum atomic E-state index is 6.34. The molecule has 3 heterocycles. The Morgan fingerprint density at radius 1 is 1.03 bits per heavy atom. The van der Waals surface area contributed by atoms with Crippen LogP contribution in [0, 0.1) is 0 Å². The standard InChI is InChI=1S/C21H24Cl2N6O.ClH/c22-16-6-7-19(17(23)15-16)29-13-11-28(12-14-29)10-4-3-9-25-21-26-20(30-27-21)18-5-1-2-8-24-18;/h1-2,5-8,15H,3-4,9-14H2,(H,25,27);1H. The molecule has 0 unspecified atom stereocenters. The molecular formula is C21H25Cl3N6O. The lowest BCUT2D eigenvalue weighted by molar-refractivity contribution is 0.254. The molecule has 0 bridgehead atoms. The maximum Gasteiger partial charge on any atom is 0.278 e. The van der Waals surface area contributed by atoms with Crippen LogP contribution >= 0.6 is 35.6 Å². The van der Waals surface area contributed by atoms with Crippen LogP contribution in [-0.4, -0.2) is 59.3 Å². The van der Waals surface area contributed by atoms with Crippen molar-refractivity contribution in [2.24, 2.45) is 0 Å². The van der Waals surface area contributed by atoms with Gasteiger partial charge in [-0.15, -0.1) is 12.4 Å². The van der Waals surface area contributed by atoms with Crippen LogP contribution in [-0.2, 0) is 0 Å². The Morgan fingerprint density at radius 3 is 2.61 bits per heavy atom. The monoisotopic (exact) mass is 482 g/mol. The molecule has 31 heavy (non-hydrogen) atoms. The molecule has 0 spiro atoms. The average molecular weight is 484 g/mol. The zero-order chi connectivity index (χ0) is 20.8. The predicted molar refractivity (Wildman–Crippen MR) is 128 cm³/mol. The van der Waals surface area contributed by atoms with Crippen LogP contribution in [0.1, 0.15) is 12.8 Å². The molecule has 1 saturated heterocycles. The van der Waals surface area contributed by atoms with Crippen LogP contribution < -0.4 is 10.2 Å². The third-order valence-corrected chi connectivity index (χ3v) is 5.65. The van der Waals surface area contributed by atoms with E-state index in [1.807, 2.05) is 30.3 Å². The highest BCUT2D eigenvalue weighted by Crippen LogP contribution is 2.29. The van der Waals surface area contributed by atoms with Crippen molar-refractivity contribution in [3.8, 4) is 11.6 Å². The predicted octanol–water partition coefficient (Wildman–Crippen LogP) is 4.87. The molecule has 1 N–H and O–H groups in total. The number of piperazine rings is 1. The summed E-state index contributed by atoms with van der Waals surface area (Å²) < 4.78 is 5.25. The van der Waals surface area contributed by atoms with E-state index in [9.17, 15) is 0 Å². The average Bonchev–Trinajstić information content (AvgIpc) is 3.24. The van der Waals surface area contributed by atoms with E-state index in [2.05, 4.69) is 30.2 Å². The smallest absolute Gasteiger partial charge is 0.278 e. The lowest BCUT2D eigenvalue weighted by Crippen LogP contribution is -2.46. The first kappa shape index (κ1) is 23.6. The van der Waals surface area contributed by atoms with E-state index in [-0.39, 0.29) is 12.4 Å². The SMILES string of the molecule is Cl.Clc1ccc(N2CCN(CCCCNc3noc(-c4ccccn4)n3)CC2)c(Cl)c1. The van der Waals surface area contributed by atoms with Gasteiger partial charge in [0.25, 0.3) is 11.8 Å². The highest BCUT2D eigenvalue weighted by atomic mass is 35.5. The summed E-state index contributed by atoms with van der Waals surface area (Å²) in [5.74, 6) is 0.931. The van der Waals surface area contributed by atoms with Gasteiger partial charge in [0.2, 0.25) is 0 Å². The molecule has 0 atom stereocenters. The number of nitrogens with zero attached hydrogens (tertiary/aromatic N) is 5. The van der Waals surface area contributed by atoms with Gasteiger partial charge < -0.3 is 14.7 Å². The number of anilines is 2. The lowest BCUT2D eigenvalue weighted by Gasteiger charge is -2.36. The fourth-order valence-corrected chi connectivity index (χ4v) is 4.03. The second-order valence-electron chi connectivity index (χ2n) is 7.20. The first-order valence-electron chi connectivity index (χ1n) is 10.1. The fraction of sp³-hybridized carbons (Fsp3) is 0.381. The highest BCUT2D eigenvalue weighted by Gasteiger charge is 2.18. The molecular weight excluding hydrogens is 459 g/mol. The fourth-order valence-electron chi connectivity index (χ4n) is 3.50. The highest BCUT2D eigenvalue weighted by molar-refractivity contribution is 6.36. The van der Waals surface area contributed by atoms with Gasteiger partial charge in [-0.3, -0.25) is 9.88 Å². The van der Waals surface area contributed by atoms with Crippen LogP contribution in [0.15, 0.2) is 47.1 Å². The molecule has 0 saturated carbocycles. The van der Waals surface area contributed by atoms with E-state index >= 15 is 0 Å². The largest absolute Gasteiger partial charge is 0.368 e. The van der Waals surface area contributed by atoms with Gasteiger partial charge in [-0.1, -0.05) is 29.3 Å². The number of halogens is 3. The minimum Gasteiger partial charge on any atom is -0.368 e. The molecule has 4 rings (SSSR count). The first-order chi connectivity index (χ1) is 14.7. The van der Waals surface area contributed by atoms with Gasteiger partial charge >= 0.3 is 0 Å². The molecule has 10 heteroatoms. The van der Waals surface area contributed by atoms with Gasteiger partial charge in [-0.25, -0.2) is 0 Å². The lowest BCUT2D eigenvalue weighted by atomic mass is 10.2. The van der Waals surface area contributed by atoms with Gasteiger partial charge in [0.1, 0.15) is 5.69 Å². The molecule has 1 aromatic carbocycles. The third-order valence-electron chi connectivity index (χ3n) is 5.12. The Morgan fingerprint density at radius 2 is 1.87 bits per heavy atom. The Labute approximate surface area is 198 Å². The van der Waals surface area contributed by atoms with Crippen molar-refractivity contribution < 1.29 is 4.52 Å². The van der Waals surface area contributed by atoms with Gasteiger partial charge in [0.05, 0.1) is 10.7 Å². The minimum absolute atomic E-state index is 0. The maximum absolute atomic E-state index is 6.34. The van der Waals surface area contributed by atoms with Crippen molar-refractivity contribution in [1.82, 2.24) is 20.0 Å². The molecule has 0 aliphatic carbocycles. The number of aromatic nitrogens is 3. The van der Waals surface area contributed by atoms with Gasteiger partial charge in [-0.2, -0.15) is 4.98 Å². The summed E-state index contributed by atoms with van der Waals surface area (Å²) in [4.78, 5) is 13.4. The van der Waals surface area contributed by atoms with E-state index in [1.54, 1.807) is 12.3 Å². The van der Waals surface area contributed by atoms with Crippen molar-refractivity contribution in [2.75, 3.05) is 49.5 Å². The quantitative estimate of drug-likeness (QED) is 0.458. The van der Waals surface area contributed by atoms with Crippen molar-refractivity contribution in [1.29, 1.82) is 0 Å². The number of unbranched alkanes of at least 4 members (excludes halogenated alkanes) is 1. The third kappa shape index (κ3) is 6.46. The second-order valence-corrected chi connectivity index (χ2v) is 8.04. The van der Waals surface area contributed by atoms with Crippen molar-refractivity contribution >= 4 is 47.2 Å². The Balaban J connectivity index is 0.00000272. The summed E-state index contributed by atoms with van der Waals surface area (Å²) in [5, 5.41) is 8.56. The van der Waals surface area contributed by atoms with E-state index in [0.29, 0.717) is 22.6 Å². The molecule has 166 valence electrons. The summed E-state index contributed by atoms with van der Waals surface area (Å²) in [6.07, 6.45) is 3.85. The van der Waals surface area contributed by atoms with Gasteiger partial charge in [-0.05, 0) is 54.9 Å². The number of nitrogens with one attached hydrogen (secondary N) is 1. The molecule has 0 amide bonds. The summed E-state index contributed by atoms with van der Waals surface area (Å²) >= 11 is 12.3. The van der Waals surface area contributed by atoms with Crippen LogP contribution in [0.25, 0.3) is 11.6 Å². The zero-order valence-electron chi connectivity index (χ0n) is 17.0. The Hall–Kier alpha value is -2.06. The topological polar surface area (TPSA) is 70.3 Å². The molecule has 2 aromatic heterocycles. The van der Waals surface area contributed by atoms with Crippen molar-refractivity contribution in [3.63, 3.8) is 0 Å². The summed E-state index contributed by atoms with van der Waals surface area (Å²) in [7, 11) is 0. The molecule has 1 aliphatic rings. The number of benzene rings is 1. The summed E-state index contributed by atoms with van der Waals surface area (Å²) in [6.45, 7) is 5.89. The van der Waals surface area contributed by atoms with E-state index in [1.165, 1.54) is 0 Å². The summed E-state index contributed by atoms with van der Waals surface area (Å²) in [5.41, 5.74) is 1.74. The van der Waals surface area contributed by atoms with Crippen LogP contribution in [0.4, 0.5) is 11.6 Å². The van der Waals surface area contributed by atoms with E-state index in [0.717, 1.165) is 62.8 Å². The molecule has 1 aliphatic heterocycles. The molecule has 7 nitrogen and oxygen atoms in total. The normalized spacial score (nSPS) is 14.3. The van der Waals surface area contributed by atoms with Gasteiger partial charge in [0, 0.05) is 43.9 Å². The summed E-state index contributed by atoms with van der Waals surface area (Å²) in [6, 6.07) is 11.3. The Bertz CT molecular complexity index is 947. The van der Waals surface area contributed by atoms with Crippen molar-refractivity contribution in [2.45, 2.75) is 12.8 Å². The van der Waals surface area contributed by atoms with E-state index in [4.69, 9.17) is 27.7 Å². The molecule has 0 radical (unpaired) electrons. The van der Waals surface area contributed by atoms with Crippen LogP contribution in [0.3, 0.4) is 0 Å².